The molecule has 0 spiro atoms. The summed E-state index contributed by atoms with van der Waals surface area (Å²) < 4.78 is 16.0. The van der Waals surface area contributed by atoms with Crippen molar-refractivity contribution in [2.75, 3.05) is 0 Å². The van der Waals surface area contributed by atoms with Gasteiger partial charge < -0.3 is 19.3 Å². The van der Waals surface area contributed by atoms with Gasteiger partial charge in [0.05, 0.1) is 17.8 Å². The molecule has 2 fully saturated rings. The summed E-state index contributed by atoms with van der Waals surface area (Å²) >= 11 is 0. The molecule has 6 heteroatoms. The first-order chi connectivity index (χ1) is 11.7. The highest BCUT2D eigenvalue weighted by Crippen LogP contribution is 2.57. The molecular weight excluding hydrogens is 324 g/mol. The molecule has 2 heterocycles. The quantitative estimate of drug-likeness (QED) is 0.357. The van der Waals surface area contributed by atoms with Crippen molar-refractivity contribution in [3.63, 3.8) is 0 Å². The third-order valence-electron chi connectivity index (χ3n) is 5.98. The molecule has 6 nitrogen and oxygen atoms in total. The second-order valence-electron chi connectivity index (χ2n) is 7.88. The van der Waals surface area contributed by atoms with Gasteiger partial charge in [-0.2, -0.15) is 0 Å². The molecule has 4 aliphatic rings. The van der Waals surface area contributed by atoms with E-state index in [0.717, 1.165) is 24.8 Å². The Bertz CT molecular complexity index is 743. The molecule has 0 aromatic rings. The number of fused-ring (bicyclic) bond motifs is 3. The monoisotopic (exact) mass is 346 g/mol. The minimum Gasteiger partial charge on any atom is -0.458 e. The zero-order chi connectivity index (χ0) is 18.0. The molecular formula is C19H22O6. The van der Waals surface area contributed by atoms with E-state index in [-0.39, 0.29) is 11.3 Å². The van der Waals surface area contributed by atoms with E-state index in [1.54, 1.807) is 13.0 Å². The van der Waals surface area contributed by atoms with Crippen LogP contribution >= 0.6 is 0 Å². The normalized spacial score (nSPS) is 40.2. The summed E-state index contributed by atoms with van der Waals surface area (Å²) in [6, 6.07) is 0. The molecule has 0 aromatic heterocycles. The Hall–Kier alpha value is -2.08. The first-order valence-electron chi connectivity index (χ1n) is 8.63. The fourth-order valence-corrected chi connectivity index (χ4v) is 4.45. The Morgan fingerprint density at radius 1 is 1.24 bits per heavy atom. The van der Waals surface area contributed by atoms with Crippen LogP contribution in [-0.4, -0.2) is 35.0 Å². The van der Waals surface area contributed by atoms with Crippen molar-refractivity contribution in [1.29, 1.82) is 0 Å². The van der Waals surface area contributed by atoms with Gasteiger partial charge >= 0.3 is 11.9 Å². The van der Waals surface area contributed by atoms with Crippen LogP contribution in [-0.2, 0) is 23.8 Å². The summed E-state index contributed by atoms with van der Waals surface area (Å²) in [6.45, 7) is 5.67. The molecule has 134 valence electrons. The van der Waals surface area contributed by atoms with Crippen LogP contribution in [0.15, 0.2) is 35.1 Å². The second kappa shape index (κ2) is 5.21. The number of rotatable bonds is 2. The van der Waals surface area contributed by atoms with E-state index in [2.05, 4.69) is 0 Å². The van der Waals surface area contributed by atoms with Gasteiger partial charge in [0.15, 0.2) is 0 Å². The van der Waals surface area contributed by atoms with Crippen molar-refractivity contribution in [3.05, 3.63) is 35.1 Å². The Morgan fingerprint density at radius 3 is 2.68 bits per heavy atom. The third kappa shape index (κ3) is 2.20. The van der Waals surface area contributed by atoms with Crippen LogP contribution in [0.4, 0.5) is 0 Å². The highest BCUT2D eigenvalue weighted by molar-refractivity contribution is 5.93. The van der Waals surface area contributed by atoms with E-state index in [1.165, 1.54) is 6.26 Å². The summed E-state index contributed by atoms with van der Waals surface area (Å²) in [6.07, 6.45) is 6.05. The lowest BCUT2D eigenvalue weighted by Gasteiger charge is -2.48. The fourth-order valence-electron chi connectivity index (χ4n) is 4.45. The van der Waals surface area contributed by atoms with Gasteiger partial charge in [-0.25, -0.2) is 9.59 Å². The molecule has 0 unspecified atom stereocenters. The number of cyclic esters (lactones) is 1. The zero-order valence-corrected chi connectivity index (χ0v) is 14.6. The molecule has 0 radical (unpaired) electrons. The smallest absolute Gasteiger partial charge is 0.338 e. The largest absolute Gasteiger partial charge is 0.458 e. The van der Waals surface area contributed by atoms with Crippen molar-refractivity contribution in [2.45, 2.75) is 58.0 Å². The summed E-state index contributed by atoms with van der Waals surface area (Å²) in [4.78, 5) is 23.7. The highest BCUT2D eigenvalue weighted by atomic mass is 16.7. The Kier molecular flexibility index (Phi) is 3.41. The van der Waals surface area contributed by atoms with Gasteiger partial charge in [0.25, 0.3) is 6.29 Å². The number of carbonyl (C=O) groups is 2. The minimum atomic E-state index is -1.14. The topological polar surface area (TPSA) is 82.1 Å². The number of esters is 2. The van der Waals surface area contributed by atoms with Gasteiger partial charge in [-0.05, 0) is 31.8 Å². The molecule has 2 aliphatic carbocycles. The highest BCUT2D eigenvalue weighted by Gasteiger charge is 2.64. The first-order valence-corrected chi connectivity index (χ1v) is 8.63. The molecule has 4 atom stereocenters. The van der Waals surface area contributed by atoms with Crippen LogP contribution < -0.4 is 0 Å². The molecule has 1 N–H and O–H groups in total. The number of hydrogen-bond acceptors (Lipinski definition) is 6. The van der Waals surface area contributed by atoms with Gasteiger partial charge in [0, 0.05) is 17.1 Å². The van der Waals surface area contributed by atoms with E-state index in [4.69, 9.17) is 14.2 Å². The van der Waals surface area contributed by atoms with Crippen LogP contribution in [0.1, 0.15) is 40.0 Å². The lowest BCUT2D eigenvalue weighted by atomic mass is 9.62. The zero-order valence-electron chi connectivity index (χ0n) is 14.6. The van der Waals surface area contributed by atoms with E-state index >= 15 is 0 Å². The van der Waals surface area contributed by atoms with E-state index in [1.807, 2.05) is 19.9 Å². The lowest BCUT2D eigenvalue weighted by Crippen LogP contribution is -2.55. The van der Waals surface area contributed by atoms with Crippen molar-refractivity contribution in [2.24, 2.45) is 11.3 Å². The van der Waals surface area contributed by atoms with Gasteiger partial charge in [-0.1, -0.05) is 19.9 Å². The van der Waals surface area contributed by atoms with E-state index < -0.39 is 29.9 Å². The van der Waals surface area contributed by atoms with E-state index in [9.17, 15) is 14.7 Å². The lowest BCUT2D eigenvalue weighted by molar-refractivity contribution is -0.164. The number of ether oxygens (including phenoxy) is 3. The maximum Gasteiger partial charge on any atom is 0.338 e. The van der Waals surface area contributed by atoms with Gasteiger partial charge in [0.1, 0.15) is 11.7 Å². The molecule has 4 rings (SSSR count). The SMILES string of the molecule is CC1=C[C@H](O/C=C2/C(=O)O[C@@H]3[C@H]2C=C2CCCC(C)(C)[C@]23O)OC1=O. The van der Waals surface area contributed by atoms with Crippen LogP contribution in [0.3, 0.4) is 0 Å². The summed E-state index contributed by atoms with van der Waals surface area (Å²) in [5.41, 5.74) is 0.261. The number of aliphatic hydroxyl groups is 1. The van der Waals surface area contributed by atoms with Crippen molar-refractivity contribution >= 4 is 11.9 Å². The maximum atomic E-state index is 12.3. The summed E-state index contributed by atoms with van der Waals surface area (Å²) in [5, 5.41) is 11.4. The van der Waals surface area contributed by atoms with Gasteiger partial charge in [0.2, 0.25) is 0 Å². The molecule has 1 saturated carbocycles. The predicted octanol–water partition coefficient (Wildman–Crippen LogP) is 2.14. The van der Waals surface area contributed by atoms with Crippen molar-refractivity contribution in [3.8, 4) is 0 Å². The molecule has 0 aromatic carbocycles. The van der Waals surface area contributed by atoms with Crippen LogP contribution in [0.5, 0.6) is 0 Å². The summed E-state index contributed by atoms with van der Waals surface area (Å²) in [5.74, 6) is -1.27. The predicted molar refractivity (Wildman–Crippen MR) is 86.8 cm³/mol. The number of carbonyl (C=O) groups excluding carboxylic acids is 2. The molecule has 1 saturated heterocycles. The average molecular weight is 346 g/mol. The fraction of sp³-hybridized carbons (Fsp3) is 0.579. The maximum absolute atomic E-state index is 12.3. The second-order valence-corrected chi connectivity index (χ2v) is 7.88. The van der Waals surface area contributed by atoms with Crippen LogP contribution in [0, 0.1) is 11.3 Å². The van der Waals surface area contributed by atoms with E-state index in [0.29, 0.717) is 11.1 Å². The van der Waals surface area contributed by atoms with Crippen molar-refractivity contribution in [1.82, 2.24) is 0 Å². The molecule has 0 amide bonds. The molecule has 0 bridgehead atoms. The summed E-state index contributed by atoms with van der Waals surface area (Å²) in [7, 11) is 0. The van der Waals surface area contributed by atoms with Crippen LogP contribution in [0.25, 0.3) is 0 Å². The molecule has 25 heavy (non-hydrogen) atoms. The van der Waals surface area contributed by atoms with Gasteiger partial charge in [-0.15, -0.1) is 0 Å². The standard InChI is InChI=1S/C19H22O6/c1-10-7-14(24-16(10)20)23-9-13-12-8-11-5-4-6-18(2,3)19(11,22)15(12)25-17(13)21/h7-9,12,14-15,22H,4-6H2,1-3H3/b13-9+/t12-,14+,15+,19-/m0/s1. The van der Waals surface area contributed by atoms with Gasteiger partial charge in [-0.3, -0.25) is 0 Å². The Morgan fingerprint density at radius 2 is 2.00 bits per heavy atom. The molecule has 2 aliphatic heterocycles. The van der Waals surface area contributed by atoms with Crippen LogP contribution in [0.2, 0.25) is 0 Å². The Balaban J connectivity index is 1.61. The first kappa shape index (κ1) is 16.4. The van der Waals surface area contributed by atoms with Crippen molar-refractivity contribution < 1.29 is 28.9 Å². The third-order valence-corrected chi connectivity index (χ3v) is 5.98. The number of hydrogen-bond donors (Lipinski definition) is 1. The Labute approximate surface area is 146 Å². The average Bonchev–Trinajstić information content (AvgIpc) is 3.11. The minimum absolute atomic E-state index is 0.341.